The highest BCUT2D eigenvalue weighted by Gasteiger charge is 2.46. The third kappa shape index (κ3) is 1.88. The van der Waals surface area contributed by atoms with Gasteiger partial charge in [0.25, 0.3) is 0 Å². The molecule has 0 saturated carbocycles. The lowest BCUT2D eigenvalue weighted by atomic mass is 10.0. The zero-order valence-electron chi connectivity index (χ0n) is 6.22. The van der Waals surface area contributed by atoms with Gasteiger partial charge in [0.15, 0.2) is 3.61 Å². The molecule has 1 heterocycles. The fourth-order valence-electron chi connectivity index (χ4n) is 1.03. The zero-order valence-corrected chi connectivity index (χ0v) is 8.38. The summed E-state index contributed by atoms with van der Waals surface area (Å²) in [5, 5.41) is 36.6. The smallest absolute Gasteiger partial charge is 0.167 e. The Hall–Kier alpha value is 0.530. The van der Waals surface area contributed by atoms with E-state index >= 15 is 0 Å². The summed E-state index contributed by atoms with van der Waals surface area (Å²) in [5.74, 6) is 0. The average molecular weight is 290 g/mol. The van der Waals surface area contributed by atoms with Crippen molar-refractivity contribution in [2.45, 2.75) is 21.9 Å². The highest BCUT2D eigenvalue weighted by Crippen LogP contribution is 2.29. The van der Waals surface area contributed by atoms with Gasteiger partial charge in [-0.15, -0.1) is 0 Å². The molecule has 72 valence electrons. The van der Waals surface area contributed by atoms with Crippen molar-refractivity contribution >= 4 is 22.6 Å². The van der Waals surface area contributed by atoms with Crippen LogP contribution in [0.25, 0.3) is 0 Å². The molecule has 0 aromatic rings. The van der Waals surface area contributed by atoms with Crippen molar-refractivity contribution in [3.05, 3.63) is 0 Å². The monoisotopic (exact) mass is 290 g/mol. The van der Waals surface area contributed by atoms with Crippen LogP contribution in [0.3, 0.4) is 0 Å². The van der Waals surface area contributed by atoms with Gasteiger partial charge >= 0.3 is 0 Å². The van der Waals surface area contributed by atoms with Crippen LogP contribution >= 0.6 is 22.6 Å². The molecule has 1 aliphatic heterocycles. The predicted octanol–water partition coefficient (Wildman–Crippen LogP) is -1.78. The van der Waals surface area contributed by atoms with E-state index in [9.17, 15) is 15.3 Å². The maximum absolute atomic E-state index is 9.40. The number of hydrogen-bond acceptors (Lipinski definition) is 5. The first kappa shape index (κ1) is 10.6. The molecule has 1 fully saturated rings. The van der Waals surface area contributed by atoms with Gasteiger partial charge in [-0.2, -0.15) is 0 Å². The number of rotatable bonds is 1. The number of aliphatic hydroxyl groups excluding tert-OH is 3. The molecule has 0 amide bonds. The van der Waals surface area contributed by atoms with E-state index in [0.29, 0.717) is 0 Å². The predicted molar refractivity (Wildman–Crippen MR) is 47.8 cm³/mol. The Morgan fingerprint density at radius 3 is 2.58 bits per heavy atom. The number of aliphatic hydroxyl groups is 4. The van der Waals surface area contributed by atoms with Crippen molar-refractivity contribution in [3.63, 3.8) is 0 Å². The molecule has 0 aromatic heterocycles. The fourth-order valence-corrected chi connectivity index (χ4v) is 1.58. The summed E-state index contributed by atoms with van der Waals surface area (Å²) in [4.78, 5) is 0. The molecule has 0 bridgehead atoms. The van der Waals surface area contributed by atoms with Gasteiger partial charge in [-0.3, -0.25) is 0 Å². The lowest BCUT2D eigenvalue weighted by Gasteiger charge is -2.39. The van der Waals surface area contributed by atoms with E-state index in [1.54, 1.807) is 22.6 Å². The molecule has 12 heavy (non-hydrogen) atoms. The van der Waals surface area contributed by atoms with Crippen LogP contribution in [0.4, 0.5) is 0 Å². The van der Waals surface area contributed by atoms with E-state index in [1.165, 1.54) is 0 Å². The summed E-state index contributed by atoms with van der Waals surface area (Å²) in [6.45, 7) is -0.470. The van der Waals surface area contributed by atoms with Crippen LogP contribution in [0.15, 0.2) is 0 Å². The van der Waals surface area contributed by atoms with Gasteiger partial charge in [-0.05, 0) is 22.6 Å². The maximum Gasteiger partial charge on any atom is 0.167 e. The number of halogens is 1. The number of alkyl halides is 1. The molecule has 3 unspecified atom stereocenters. The Morgan fingerprint density at radius 1 is 1.50 bits per heavy atom. The van der Waals surface area contributed by atoms with Gasteiger partial charge in [-0.25, -0.2) is 0 Å². The number of ether oxygens (including phenoxy) is 1. The van der Waals surface area contributed by atoms with Crippen LogP contribution in [-0.2, 0) is 4.74 Å². The standard InChI is InChI=1S/C6H11IO5/c7-6(11)2-12-3(1-8)4(9)5(6)10/h3-5,8-11H,1-2H2/t3?,4-,5?,6?/m1/s1. The molecule has 1 aliphatic rings. The van der Waals surface area contributed by atoms with E-state index in [0.717, 1.165) is 0 Å². The summed E-state index contributed by atoms with van der Waals surface area (Å²) >= 11 is 1.60. The highest BCUT2D eigenvalue weighted by atomic mass is 127. The Bertz CT molecular complexity index is 162. The quantitative estimate of drug-likeness (QED) is 0.339. The average Bonchev–Trinajstić information content (AvgIpc) is 2.01. The minimum absolute atomic E-state index is 0.100. The van der Waals surface area contributed by atoms with Gasteiger partial charge in [0.2, 0.25) is 0 Å². The van der Waals surface area contributed by atoms with E-state index in [4.69, 9.17) is 9.84 Å². The lowest BCUT2D eigenvalue weighted by Crippen LogP contribution is -2.58. The third-order valence-electron chi connectivity index (χ3n) is 1.84. The molecule has 0 aliphatic carbocycles. The second-order valence-corrected chi connectivity index (χ2v) is 4.65. The summed E-state index contributed by atoms with van der Waals surface area (Å²) in [5.41, 5.74) is 0. The minimum atomic E-state index is -1.47. The fraction of sp³-hybridized carbons (Fsp3) is 1.00. The van der Waals surface area contributed by atoms with Crippen LogP contribution in [0, 0.1) is 0 Å². The Morgan fingerprint density at radius 2 is 2.08 bits per heavy atom. The first-order valence-corrected chi connectivity index (χ1v) is 4.57. The minimum Gasteiger partial charge on any atom is -0.394 e. The van der Waals surface area contributed by atoms with Crippen LogP contribution < -0.4 is 0 Å². The van der Waals surface area contributed by atoms with Crippen molar-refractivity contribution in [1.29, 1.82) is 0 Å². The van der Waals surface area contributed by atoms with Gasteiger partial charge in [0, 0.05) is 0 Å². The van der Waals surface area contributed by atoms with Crippen LogP contribution in [-0.4, -0.2) is 55.6 Å². The van der Waals surface area contributed by atoms with E-state index in [2.05, 4.69) is 0 Å². The molecule has 0 spiro atoms. The molecule has 0 radical (unpaired) electrons. The zero-order chi connectivity index (χ0) is 9.35. The largest absolute Gasteiger partial charge is 0.394 e. The molecular formula is C6H11IO5. The molecule has 1 saturated heterocycles. The number of hydrogen-bond donors (Lipinski definition) is 4. The van der Waals surface area contributed by atoms with E-state index in [1.807, 2.05) is 0 Å². The normalized spacial score (nSPS) is 49.2. The van der Waals surface area contributed by atoms with Crippen molar-refractivity contribution in [2.75, 3.05) is 13.2 Å². The van der Waals surface area contributed by atoms with Crippen molar-refractivity contribution < 1.29 is 25.2 Å². The van der Waals surface area contributed by atoms with Crippen molar-refractivity contribution in [1.82, 2.24) is 0 Å². The molecule has 6 heteroatoms. The second kappa shape index (κ2) is 3.72. The van der Waals surface area contributed by atoms with Gasteiger partial charge in [-0.1, -0.05) is 0 Å². The molecule has 1 rings (SSSR count). The first-order chi connectivity index (χ1) is 5.49. The summed E-state index contributed by atoms with van der Waals surface area (Å²) in [7, 11) is 0. The second-order valence-electron chi connectivity index (χ2n) is 2.79. The van der Waals surface area contributed by atoms with Crippen molar-refractivity contribution in [2.24, 2.45) is 0 Å². The van der Waals surface area contributed by atoms with E-state index in [-0.39, 0.29) is 13.2 Å². The van der Waals surface area contributed by atoms with Crippen molar-refractivity contribution in [3.8, 4) is 0 Å². The SMILES string of the molecule is OCC1OCC(O)(I)C(O)[C@@H]1O. The van der Waals surface area contributed by atoms with Gasteiger partial charge in [0.1, 0.15) is 18.3 Å². The molecule has 4 N–H and O–H groups in total. The molecule has 4 atom stereocenters. The topological polar surface area (TPSA) is 90.2 Å². The summed E-state index contributed by atoms with van der Waals surface area (Å²) in [6, 6.07) is 0. The Labute approximate surface area is 83.1 Å². The van der Waals surface area contributed by atoms with Gasteiger partial charge < -0.3 is 25.2 Å². The van der Waals surface area contributed by atoms with Crippen LogP contribution in [0.5, 0.6) is 0 Å². The summed E-state index contributed by atoms with van der Waals surface area (Å²) < 4.78 is 3.44. The third-order valence-corrected chi connectivity index (χ3v) is 2.79. The molecular weight excluding hydrogens is 279 g/mol. The van der Waals surface area contributed by atoms with Crippen LogP contribution in [0.2, 0.25) is 0 Å². The Balaban J connectivity index is 2.65. The molecule has 0 aromatic carbocycles. The highest BCUT2D eigenvalue weighted by molar-refractivity contribution is 14.1. The van der Waals surface area contributed by atoms with Crippen LogP contribution in [0.1, 0.15) is 0 Å². The first-order valence-electron chi connectivity index (χ1n) is 3.49. The van der Waals surface area contributed by atoms with Gasteiger partial charge in [0.05, 0.1) is 13.2 Å². The maximum atomic E-state index is 9.40. The lowest BCUT2D eigenvalue weighted by molar-refractivity contribution is -0.201. The van der Waals surface area contributed by atoms with E-state index < -0.39 is 21.9 Å². The Kier molecular flexibility index (Phi) is 3.29. The summed E-state index contributed by atoms with van der Waals surface area (Å²) in [6.07, 6.45) is -3.34. The molecule has 5 nitrogen and oxygen atoms in total.